The minimum atomic E-state index is 0. The molecule has 3 rings (SSSR count). The van der Waals surface area contributed by atoms with E-state index in [9.17, 15) is 0 Å². The first-order valence-corrected chi connectivity index (χ1v) is 8.45. The van der Waals surface area contributed by atoms with E-state index in [0.29, 0.717) is 12.6 Å². The summed E-state index contributed by atoms with van der Waals surface area (Å²) >= 11 is 0. The standard InChI is InChI=1S/C18H25N5O.HI/c1-19-18(21-12-16-8-5-11-24-16)22-13-17-20-9-10-23(17)14-15-6-3-2-4-7-15;/h2-4,6-7,9-10,16H,5,8,11-14H2,1H3,(H2,19,21,22);1H. The van der Waals surface area contributed by atoms with Gasteiger partial charge >= 0.3 is 0 Å². The summed E-state index contributed by atoms with van der Waals surface area (Å²) in [6.07, 6.45) is 6.40. The predicted molar refractivity (Wildman–Crippen MR) is 110 cm³/mol. The number of hydrogen-bond donors (Lipinski definition) is 2. The minimum Gasteiger partial charge on any atom is -0.376 e. The van der Waals surface area contributed by atoms with E-state index in [1.165, 1.54) is 5.56 Å². The Morgan fingerprint density at radius 2 is 2.16 bits per heavy atom. The first-order chi connectivity index (χ1) is 11.8. The van der Waals surface area contributed by atoms with E-state index in [4.69, 9.17) is 4.74 Å². The molecule has 25 heavy (non-hydrogen) atoms. The molecule has 0 radical (unpaired) electrons. The summed E-state index contributed by atoms with van der Waals surface area (Å²) in [5.74, 6) is 1.76. The molecule has 7 heteroatoms. The zero-order chi connectivity index (χ0) is 16.6. The Labute approximate surface area is 166 Å². The van der Waals surface area contributed by atoms with Crippen LogP contribution in [0.1, 0.15) is 24.2 Å². The molecule has 1 aromatic heterocycles. The third-order valence-corrected chi connectivity index (χ3v) is 4.16. The Morgan fingerprint density at radius 3 is 2.88 bits per heavy atom. The second-order valence-corrected chi connectivity index (χ2v) is 5.90. The number of aliphatic imine (C=N–C) groups is 1. The van der Waals surface area contributed by atoms with Crippen molar-refractivity contribution in [3.05, 3.63) is 54.1 Å². The quantitative estimate of drug-likeness (QED) is 0.399. The highest BCUT2D eigenvalue weighted by Crippen LogP contribution is 2.10. The number of aromatic nitrogens is 2. The van der Waals surface area contributed by atoms with Crippen LogP contribution >= 0.6 is 24.0 Å². The normalized spacial score (nSPS) is 17.2. The molecule has 1 unspecified atom stereocenters. The molecule has 0 amide bonds. The van der Waals surface area contributed by atoms with Crippen LogP contribution in [0.25, 0.3) is 0 Å². The molecule has 6 nitrogen and oxygen atoms in total. The van der Waals surface area contributed by atoms with Gasteiger partial charge in [0.15, 0.2) is 5.96 Å². The Morgan fingerprint density at radius 1 is 1.32 bits per heavy atom. The SMILES string of the molecule is CN=C(NCc1nccn1Cc1ccccc1)NCC1CCCO1.I. The number of halogens is 1. The van der Waals surface area contributed by atoms with Crippen molar-refractivity contribution in [3.8, 4) is 0 Å². The molecule has 0 bridgehead atoms. The maximum Gasteiger partial charge on any atom is 0.191 e. The van der Waals surface area contributed by atoms with Crippen LogP contribution in [0.15, 0.2) is 47.7 Å². The van der Waals surface area contributed by atoms with E-state index in [1.54, 1.807) is 7.05 Å². The molecule has 1 aliphatic heterocycles. The molecule has 1 aromatic carbocycles. The van der Waals surface area contributed by atoms with Gasteiger partial charge in [-0.05, 0) is 18.4 Å². The van der Waals surface area contributed by atoms with E-state index >= 15 is 0 Å². The number of rotatable bonds is 6. The zero-order valence-corrected chi connectivity index (χ0v) is 16.8. The van der Waals surface area contributed by atoms with Gasteiger partial charge in [0.05, 0.1) is 12.6 Å². The lowest BCUT2D eigenvalue weighted by atomic mass is 10.2. The molecule has 0 aliphatic carbocycles. The zero-order valence-electron chi connectivity index (χ0n) is 14.5. The summed E-state index contributed by atoms with van der Waals surface area (Å²) in [5, 5.41) is 6.64. The largest absolute Gasteiger partial charge is 0.376 e. The van der Waals surface area contributed by atoms with Gasteiger partial charge in [0, 0.05) is 39.1 Å². The topological polar surface area (TPSA) is 63.5 Å². The molecule has 1 atom stereocenters. The van der Waals surface area contributed by atoms with Gasteiger partial charge in [-0.15, -0.1) is 24.0 Å². The van der Waals surface area contributed by atoms with Crippen LogP contribution < -0.4 is 10.6 Å². The average molecular weight is 455 g/mol. The lowest BCUT2D eigenvalue weighted by Crippen LogP contribution is -2.41. The Hall–Kier alpha value is -1.61. The Balaban J connectivity index is 0.00000225. The van der Waals surface area contributed by atoms with Gasteiger partial charge in [0.25, 0.3) is 0 Å². The maximum absolute atomic E-state index is 5.62. The van der Waals surface area contributed by atoms with Crippen LogP contribution in [0.2, 0.25) is 0 Å². The molecule has 0 saturated carbocycles. The maximum atomic E-state index is 5.62. The van der Waals surface area contributed by atoms with Gasteiger partial charge in [0.2, 0.25) is 0 Å². The lowest BCUT2D eigenvalue weighted by molar-refractivity contribution is 0.114. The summed E-state index contributed by atoms with van der Waals surface area (Å²) in [5.41, 5.74) is 1.26. The van der Waals surface area contributed by atoms with E-state index in [2.05, 4.69) is 49.4 Å². The van der Waals surface area contributed by atoms with Crippen molar-refractivity contribution in [3.63, 3.8) is 0 Å². The summed E-state index contributed by atoms with van der Waals surface area (Å²) in [6, 6.07) is 10.4. The smallest absolute Gasteiger partial charge is 0.191 e. The van der Waals surface area contributed by atoms with Crippen LogP contribution in [0.5, 0.6) is 0 Å². The fraction of sp³-hybridized carbons (Fsp3) is 0.444. The van der Waals surface area contributed by atoms with E-state index in [-0.39, 0.29) is 24.0 Å². The van der Waals surface area contributed by atoms with Crippen molar-refractivity contribution in [2.45, 2.75) is 32.0 Å². The number of benzene rings is 1. The summed E-state index contributed by atoms with van der Waals surface area (Å²) in [4.78, 5) is 8.71. The lowest BCUT2D eigenvalue weighted by Gasteiger charge is -2.15. The van der Waals surface area contributed by atoms with Crippen molar-refractivity contribution in [2.24, 2.45) is 4.99 Å². The van der Waals surface area contributed by atoms with Crippen LogP contribution in [0.4, 0.5) is 0 Å². The van der Waals surface area contributed by atoms with Crippen molar-refractivity contribution < 1.29 is 4.74 Å². The van der Waals surface area contributed by atoms with Crippen molar-refractivity contribution in [1.82, 2.24) is 20.2 Å². The highest BCUT2D eigenvalue weighted by atomic mass is 127. The van der Waals surface area contributed by atoms with Gasteiger partial charge in [0.1, 0.15) is 5.82 Å². The van der Waals surface area contributed by atoms with Gasteiger partial charge in [-0.25, -0.2) is 4.98 Å². The molecule has 0 spiro atoms. The molecule has 136 valence electrons. The monoisotopic (exact) mass is 455 g/mol. The van der Waals surface area contributed by atoms with E-state index in [1.807, 2.05) is 18.5 Å². The van der Waals surface area contributed by atoms with Gasteiger partial charge < -0.3 is 19.9 Å². The molecule has 2 N–H and O–H groups in total. The molecular formula is C18H26IN5O. The Bertz CT molecular complexity index is 652. The molecular weight excluding hydrogens is 429 g/mol. The van der Waals surface area contributed by atoms with Crippen molar-refractivity contribution in [1.29, 1.82) is 0 Å². The van der Waals surface area contributed by atoms with Crippen LogP contribution in [0.3, 0.4) is 0 Å². The number of nitrogens with zero attached hydrogens (tertiary/aromatic N) is 3. The average Bonchev–Trinajstić information content (AvgIpc) is 3.28. The third-order valence-electron chi connectivity index (χ3n) is 4.16. The van der Waals surface area contributed by atoms with Gasteiger partial charge in [-0.1, -0.05) is 30.3 Å². The van der Waals surface area contributed by atoms with Gasteiger partial charge in [-0.2, -0.15) is 0 Å². The summed E-state index contributed by atoms with van der Waals surface area (Å²) < 4.78 is 7.77. The minimum absolute atomic E-state index is 0. The van der Waals surface area contributed by atoms with E-state index < -0.39 is 0 Å². The van der Waals surface area contributed by atoms with Gasteiger partial charge in [-0.3, -0.25) is 4.99 Å². The van der Waals surface area contributed by atoms with Crippen LogP contribution in [-0.2, 0) is 17.8 Å². The molecule has 2 heterocycles. The highest BCUT2D eigenvalue weighted by Gasteiger charge is 2.15. The predicted octanol–water partition coefficient (Wildman–Crippen LogP) is 2.39. The summed E-state index contributed by atoms with van der Waals surface area (Å²) in [6.45, 7) is 3.11. The van der Waals surface area contributed by atoms with Crippen LogP contribution in [-0.4, -0.2) is 41.8 Å². The Kier molecular flexibility index (Phi) is 8.20. The number of nitrogens with one attached hydrogen (secondary N) is 2. The summed E-state index contributed by atoms with van der Waals surface area (Å²) in [7, 11) is 1.78. The first-order valence-electron chi connectivity index (χ1n) is 8.45. The van der Waals surface area contributed by atoms with Crippen molar-refractivity contribution >= 4 is 29.9 Å². The third kappa shape index (κ3) is 6.00. The molecule has 1 aliphatic rings. The molecule has 2 aromatic rings. The van der Waals surface area contributed by atoms with E-state index in [0.717, 1.165) is 44.3 Å². The fourth-order valence-corrected chi connectivity index (χ4v) is 2.83. The van der Waals surface area contributed by atoms with Crippen LogP contribution in [0, 0.1) is 0 Å². The number of hydrogen-bond acceptors (Lipinski definition) is 3. The number of ether oxygens (including phenoxy) is 1. The highest BCUT2D eigenvalue weighted by molar-refractivity contribution is 14.0. The number of guanidine groups is 1. The second kappa shape index (κ2) is 10.4. The van der Waals surface area contributed by atoms with Crippen molar-refractivity contribution in [2.75, 3.05) is 20.2 Å². The fourth-order valence-electron chi connectivity index (χ4n) is 2.83. The first kappa shape index (κ1) is 19.7. The molecule has 1 saturated heterocycles. The second-order valence-electron chi connectivity index (χ2n) is 5.90. The number of imidazole rings is 1. The molecule has 1 fully saturated rings.